The van der Waals surface area contributed by atoms with E-state index in [9.17, 15) is 14.7 Å². The Balaban J connectivity index is 1.14. The van der Waals surface area contributed by atoms with Crippen LogP contribution in [0, 0.1) is 11.8 Å². The first-order valence-corrected chi connectivity index (χ1v) is 16.7. The van der Waals surface area contributed by atoms with Gasteiger partial charge < -0.3 is 31.0 Å². The molecule has 3 atom stereocenters. The van der Waals surface area contributed by atoms with E-state index in [1.807, 2.05) is 38.1 Å². The number of carbonyl (C=O) groups is 2. The molecule has 2 aliphatic rings. The maximum atomic E-state index is 16.2. The van der Waals surface area contributed by atoms with Crippen LogP contribution in [0.4, 0.5) is 13.6 Å². The smallest absolute Gasteiger partial charge is 0.405 e. The van der Waals surface area contributed by atoms with Crippen LogP contribution >= 0.6 is 0 Å². The number of carboxylic acid groups (broad SMARTS) is 1. The number of aromatic nitrogens is 4. The number of alkyl halides is 2. The summed E-state index contributed by atoms with van der Waals surface area (Å²) in [5.74, 6) is -2.74. The Morgan fingerprint density at radius 1 is 0.898 bits per heavy atom. The highest BCUT2D eigenvalue weighted by atomic mass is 19.3. The lowest BCUT2D eigenvalue weighted by Crippen LogP contribution is -2.50. The molecule has 3 heterocycles. The van der Waals surface area contributed by atoms with Gasteiger partial charge in [0.2, 0.25) is 5.91 Å². The number of imidazole rings is 2. The molecule has 0 saturated carbocycles. The van der Waals surface area contributed by atoms with Crippen molar-refractivity contribution in [2.24, 2.45) is 11.8 Å². The topological polar surface area (TPSA) is 148 Å². The Morgan fingerprint density at radius 2 is 1.57 bits per heavy atom. The molecule has 10 nitrogen and oxygen atoms in total. The fraction of sp³-hybridized carbons (Fsp3) is 0.351. The molecule has 2 amide bonds. The average Bonchev–Trinajstić information content (AvgIpc) is 3.88. The summed E-state index contributed by atoms with van der Waals surface area (Å²) in [5.41, 5.74) is 5.14. The molecule has 49 heavy (non-hydrogen) atoms. The zero-order valence-corrected chi connectivity index (χ0v) is 27.7. The van der Waals surface area contributed by atoms with Gasteiger partial charge in [0.1, 0.15) is 17.7 Å². The first-order valence-electron chi connectivity index (χ1n) is 16.7. The van der Waals surface area contributed by atoms with E-state index in [1.165, 1.54) is 6.07 Å². The van der Waals surface area contributed by atoms with E-state index in [2.05, 4.69) is 30.9 Å². The highest BCUT2D eigenvalue weighted by molar-refractivity contribution is 5.87. The predicted molar refractivity (Wildman–Crippen MR) is 183 cm³/mol. The maximum Gasteiger partial charge on any atom is 0.405 e. The number of hydrogen-bond acceptors (Lipinski definition) is 5. The fourth-order valence-corrected chi connectivity index (χ4v) is 6.97. The zero-order chi connectivity index (χ0) is 34.6. The second-order valence-corrected chi connectivity index (χ2v) is 13.7. The molecule has 7 rings (SSSR count). The number of amides is 2. The van der Waals surface area contributed by atoms with Crippen molar-refractivity contribution >= 4 is 23.0 Å². The monoisotopic (exact) mass is 667 g/mol. The van der Waals surface area contributed by atoms with Crippen LogP contribution in [-0.4, -0.2) is 49.6 Å². The van der Waals surface area contributed by atoms with E-state index in [1.54, 1.807) is 44.3 Å². The van der Waals surface area contributed by atoms with Crippen LogP contribution < -0.4 is 16.0 Å². The largest absolute Gasteiger partial charge is 0.465 e. The minimum Gasteiger partial charge on any atom is -0.465 e. The van der Waals surface area contributed by atoms with Gasteiger partial charge in [-0.05, 0) is 77.7 Å². The molecule has 0 unspecified atom stereocenters. The first kappa shape index (κ1) is 32.4. The van der Waals surface area contributed by atoms with Crippen LogP contribution in [0.25, 0.3) is 44.5 Å². The van der Waals surface area contributed by atoms with Gasteiger partial charge in [-0.2, -0.15) is 8.78 Å². The van der Waals surface area contributed by atoms with Gasteiger partial charge in [-0.15, -0.1) is 0 Å². The van der Waals surface area contributed by atoms with E-state index >= 15 is 8.78 Å². The minimum atomic E-state index is -3.23. The van der Waals surface area contributed by atoms with E-state index in [-0.39, 0.29) is 29.0 Å². The molecule has 12 heteroatoms. The third-order valence-corrected chi connectivity index (χ3v) is 9.62. The van der Waals surface area contributed by atoms with Crippen LogP contribution in [0.3, 0.4) is 0 Å². The van der Waals surface area contributed by atoms with Crippen molar-refractivity contribution in [3.63, 3.8) is 0 Å². The summed E-state index contributed by atoms with van der Waals surface area (Å²) < 4.78 is 32.4. The van der Waals surface area contributed by atoms with Gasteiger partial charge >= 0.3 is 6.09 Å². The number of nitrogens with zero attached hydrogens (tertiary/aromatic N) is 2. The van der Waals surface area contributed by atoms with Gasteiger partial charge in [-0.3, -0.25) is 4.79 Å². The van der Waals surface area contributed by atoms with Crippen molar-refractivity contribution in [2.75, 3.05) is 6.54 Å². The van der Waals surface area contributed by atoms with Crippen molar-refractivity contribution in [1.82, 2.24) is 35.9 Å². The zero-order valence-electron chi connectivity index (χ0n) is 27.7. The predicted octanol–water partition coefficient (Wildman–Crippen LogP) is 7.27. The van der Waals surface area contributed by atoms with E-state index in [0.29, 0.717) is 33.8 Å². The summed E-state index contributed by atoms with van der Waals surface area (Å²) in [7, 11) is 0. The normalized spacial score (nSPS) is 17.7. The number of fused-ring (bicyclic) bond motifs is 4. The molecule has 5 aromatic rings. The number of halogens is 2. The van der Waals surface area contributed by atoms with Gasteiger partial charge in [0.25, 0.3) is 5.92 Å². The fourth-order valence-electron chi connectivity index (χ4n) is 6.97. The third kappa shape index (κ3) is 5.94. The Hall–Kier alpha value is -5.10. The van der Waals surface area contributed by atoms with Gasteiger partial charge in [0.15, 0.2) is 0 Å². The molecule has 1 aliphatic heterocycles. The molecule has 6 N–H and O–H groups in total. The Morgan fingerprint density at radius 3 is 2.22 bits per heavy atom. The van der Waals surface area contributed by atoms with Gasteiger partial charge in [-0.25, -0.2) is 14.8 Å². The third-order valence-electron chi connectivity index (χ3n) is 9.62. The van der Waals surface area contributed by atoms with Crippen molar-refractivity contribution in [3.8, 4) is 33.5 Å². The minimum absolute atomic E-state index is 0.0414. The van der Waals surface area contributed by atoms with E-state index in [4.69, 9.17) is 4.98 Å². The van der Waals surface area contributed by atoms with Crippen LogP contribution in [0.2, 0.25) is 0 Å². The average molecular weight is 668 g/mol. The van der Waals surface area contributed by atoms with Crippen LogP contribution in [0.5, 0.6) is 0 Å². The van der Waals surface area contributed by atoms with Gasteiger partial charge in [0, 0.05) is 16.7 Å². The van der Waals surface area contributed by atoms with Crippen molar-refractivity contribution in [3.05, 3.63) is 83.6 Å². The van der Waals surface area contributed by atoms with Crippen molar-refractivity contribution in [1.29, 1.82) is 0 Å². The van der Waals surface area contributed by atoms with Crippen molar-refractivity contribution in [2.45, 2.75) is 64.6 Å². The number of benzene rings is 3. The molecule has 1 fully saturated rings. The van der Waals surface area contributed by atoms with E-state index in [0.717, 1.165) is 41.8 Å². The molecule has 1 aliphatic carbocycles. The molecular formula is C37H39F2N7O3. The summed E-state index contributed by atoms with van der Waals surface area (Å²) in [6, 6.07) is 14.7. The Kier molecular flexibility index (Phi) is 8.22. The van der Waals surface area contributed by atoms with Gasteiger partial charge in [-0.1, -0.05) is 58.0 Å². The summed E-state index contributed by atoms with van der Waals surface area (Å²) >= 11 is 0. The second kappa shape index (κ2) is 12.4. The molecule has 3 aromatic carbocycles. The lowest BCUT2D eigenvalue weighted by Gasteiger charge is -2.25. The van der Waals surface area contributed by atoms with Crippen molar-refractivity contribution < 1.29 is 23.5 Å². The molecule has 254 valence electrons. The van der Waals surface area contributed by atoms with Crippen LogP contribution in [0.15, 0.2) is 60.8 Å². The van der Waals surface area contributed by atoms with Crippen LogP contribution in [0.1, 0.15) is 75.4 Å². The summed E-state index contributed by atoms with van der Waals surface area (Å²) in [6.07, 6.45) is 2.41. The standard InChI is InChI=1S/C37H39F2N7O3/c1-18(2)31(45-35(47)32(19(3)4)46-36(48)49)34-41-17-30(44-34)22-8-11-24-23-10-7-20(14-25(23)37(38,39)26(24)15-22)21-9-12-27-29(16-21)43-33(42-27)28-6-5-13-40-28/h7-12,14-19,28,31-32,40,46H,5-6,13H2,1-4H3,(H,41,44)(H,42,43)(H,45,47)(H,48,49)/t28-,31-,32-/m0/s1. The van der Waals surface area contributed by atoms with Gasteiger partial charge in [0.05, 0.1) is 35.0 Å². The number of carbonyl (C=O) groups excluding carboxylic acids is 1. The molecule has 0 radical (unpaired) electrons. The summed E-state index contributed by atoms with van der Waals surface area (Å²) in [6.45, 7) is 8.28. The first-order chi connectivity index (χ1) is 23.4. The van der Waals surface area contributed by atoms with E-state index < -0.39 is 30.0 Å². The molecule has 0 spiro atoms. The Bertz CT molecular complexity index is 2060. The molecule has 1 saturated heterocycles. The quantitative estimate of drug-likeness (QED) is 0.0975. The lowest BCUT2D eigenvalue weighted by atomic mass is 9.98. The SMILES string of the molecule is CC(C)[C@H](NC(=O)O)C(=O)N[C@H](c1ncc(-c2ccc3c(c2)C(F)(F)c2cc(-c4ccc5nc([C@@H]6CCCN6)[nH]c5c4)ccc2-3)[nH]1)C(C)C. The molecular weight excluding hydrogens is 628 g/mol. The Labute approximate surface area is 282 Å². The number of nitrogens with one attached hydrogen (secondary N) is 5. The summed E-state index contributed by atoms with van der Waals surface area (Å²) in [5, 5.41) is 17.8. The molecule has 2 aromatic heterocycles. The van der Waals surface area contributed by atoms with Crippen LogP contribution in [-0.2, 0) is 10.7 Å². The second-order valence-electron chi connectivity index (χ2n) is 13.7. The number of hydrogen-bond donors (Lipinski definition) is 6. The molecule has 0 bridgehead atoms. The summed E-state index contributed by atoms with van der Waals surface area (Å²) in [4.78, 5) is 40.2. The number of aromatic amines is 2. The highest BCUT2D eigenvalue weighted by Crippen LogP contribution is 2.52. The number of H-pyrrole nitrogens is 2. The number of rotatable bonds is 9. The maximum absolute atomic E-state index is 16.2. The lowest BCUT2D eigenvalue weighted by molar-refractivity contribution is -0.125. The highest BCUT2D eigenvalue weighted by Gasteiger charge is 2.44.